The fourth-order valence-electron chi connectivity index (χ4n) is 1.91. The van der Waals surface area contributed by atoms with Crippen molar-refractivity contribution in [2.45, 2.75) is 18.2 Å². The van der Waals surface area contributed by atoms with Gasteiger partial charge in [0.05, 0.1) is 5.75 Å². The van der Waals surface area contributed by atoms with E-state index in [1.165, 1.54) is 27.6 Å². The molecule has 2 heterocycles. The van der Waals surface area contributed by atoms with Gasteiger partial charge in [-0.2, -0.15) is 9.61 Å². The smallest absolute Gasteiger partial charge is 0.293 e. The number of rotatable bonds is 4. The largest absolute Gasteiger partial charge is 0.325 e. The van der Waals surface area contributed by atoms with E-state index < -0.39 is 0 Å². The maximum absolute atomic E-state index is 12.1. The summed E-state index contributed by atoms with van der Waals surface area (Å²) in [6, 6.07) is 5.78. The predicted molar refractivity (Wildman–Crippen MR) is 90.2 cm³/mol. The summed E-state index contributed by atoms with van der Waals surface area (Å²) in [7, 11) is 0. The van der Waals surface area contributed by atoms with E-state index in [1.807, 2.05) is 32.0 Å². The number of benzene rings is 1. The third-order valence-corrected chi connectivity index (χ3v) is 5.30. The molecule has 118 valence electrons. The average Bonchev–Trinajstić information content (AvgIpc) is 2.94. The van der Waals surface area contributed by atoms with Gasteiger partial charge in [0.15, 0.2) is 4.34 Å². The SMILES string of the molecule is Cc1cccc(NC(=O)CSc2nn3c(=O)cnnc3s2)c1C. The fourth-order valence-corrected chi connectivity index (χ4v) is 3.60. The van der Waals surface area contributed by atoms with Gasteiger partial charge in [-0.3, -0.25) is 9.59 Å². The van der Waals surface area contributed by atoms with E-state index in [2.05, 4.69) is 20.6 Å². The lowest BCUT2D eigenvalue weighted by Crippen LogP contribution is -2.15. The van der Waals surface area contributed by atoms with Crippen LogP contribution in [0.15, 0.2) is 33.5 Å². The van der Waals surface area contributed by atoms with Gasteiger partial charge in [0, 0.05) is 5.69 Å². The Morgan fingerprint density at radius 2 is 2.22 bits per heavy atom. The molecular formula is C14H13N5O2S2. The highest BCUT2D eigenvalue weighted by Gasteiger charge is 2.11. The molecule has 0 aliphatic heterocycles. The first kappa shape index (κ1) is 15.6. The van der Waals surface area contributed by atoms with Gasteiger partial charge in [-0.1, -0.05) is 35.2 Å². The highest BCUT2D eigenvalue weighted by molar-refractivity contribution is 8.01. The number of fused-ring (bicyclic) bond motifs is 1. The zero-order valence-corrected chi connectivity index (χ0v) is 14.1. The molecule has 0 aliphatic rings. The summed E-state index contributed by atoms with van der Waals surface area (Å²) in [6.07, 6.45) is 1.11. The average molecular weight is 347 g/mol. The van der Waals surface area contributed by atoms with Crippen molar-refractivity contribution in [2.24, 2.45) is 0 Å². The quantitative estimate of drug-likeness (QED) is 0.725. The van der Waals surface area contributed by atoms with Gasteiger partial charge in [0.25, 0.3) is 5.56 Å². The first-order valence-electron chi connectivity index (χ1n) is 6.75. The number of anilines is 1. The molecule has 2 aromatic heterocycles. The molecule has 1 aromatic carbocycles. The molecule has 0 saturated heterocycles. The van der Waals surface area contributed by atoms with Crippen LogP contribution in [-0.2, 0) is 4.79 Å². The lowest BCUT2D eigenvalue weighted by molar-refractivity contribution is -0.113. The van der Waals surface area contributed by atoms with Crippen molar-refractivity contribution in [3.8, 4) is 0 Å². The number of hydrogen-bond donors (Lipinski definition) is 1. The zero-order chi connectivity index (χ0) is 16.4. The summed E-state index contributed by atoms with van der Waals surface area (Å²) < 4.78 is 1.78. The van der Waals surface area contributed by atoms with Crippen LogP contribution in [0.5, 0.6) is 0 Å². The molecule has 0 unspecified atom stereocenters. The second-order valence-electron chi connectivity index (χ2n) is 4.83. The number of aromatic nitrogens is 4. The van der Waals surface area contributed by atoms with Crippen LogP contribution in [0.2, 0.25) is 0 Å². The third-order valence-electron chi connectivity index (χ3n) is 3.27. The summed E-state index contributed by atoms with van der Waals surface area (Å²) in [6.45, 7) is 3.97. The highest BCUT2D eigenvalue weighted by Crippen LogP contribution is 2.23. The number of nitrogens with zero attached hydrogens (tertiary/aromatic N) is 4. The molecule has 0 atom stereocenters. The maximum Gasteiger partial charge on any atom is 0.293 e. The van der Waals surface area contributed by atoms with E-state index in [0.29, 0.717) is 9.30 Å². The van der Waals surface area contributed by atoms with Gasteiger partial charge >= 0.3 is 0 Å². The molecule has 0 fully saturated rings. The fraction of sp³-hybridized carbons (Fsp3) is 0.214. The Morgan fingerprint density at radius 3 is 3.00 bits per heavy atom. The van der Waals surface area contributed by atoms with Crippen molar-refractivity contribution in [3.63, 3.8) is 0 Å². The number of carbonyl (C=O) groups excluding carboxylic acids is 1. The van der Waals surface area contributed by atoms with Crippen LogP contribution in [0.4, 0.5) is 5.69 Å². The van der Waals surface area contributed by atoms with E-state index in [9.17, 15) is 9.59 Å². The van der Waals surface area contributed by atoms with Gasteiger partial charge in [0.2, 0.25) is 10.9 Å². The van der Waals surface area contributed by atoms with E-state index in [1.54, 1.807) is 0 Å². The molecule has 0 saturated carbocycles. The monoisotopic (exact) mass is 347 g/mol. The van der Waals surface area contributed by atoms with Crippen LogP contribution in [-0.4, -0.2) is 31.5 Å². The molecule has 9 heteroatoms. The van der Waals surface area contributed by atoms with Crippen LogP contribution < -0.4 is 10.9 Å². The summed E-state index contributed by atoms with van der Waals surface area (Å²) in [5, 5.41) is 14.4. The van der Waals surface area contributed by atoms with Crippen molar-refractivity contribution in [3.05, 3.63) is 45.9 Å². The Kier molecular flexibility index (Phi) is 4.39. The standard InChI is InChI=1S/C14H13N5O2S2/c1-8-4-3-5-10(9(8)2)16-11(20)7-22-14-18-19-12(21)6-15-17-13(19)23-14/h3-6H,7H2,1-2H3,(H,16,20). The topological polar surface area (TPSA) is 89.3 Å². The van der Waals surface area contributed by atoms with Crippen molar-refractivity contribution < 1.29 is 4.79 Å². The Labute approximate surface area is 139 Å². The Morgan fingerprint density at radius 1 is 1.39 bits per heavy atom. The minimum Gasteiger partial charge on any atom is -0.325 e. The first-order valence-corrected chi connectivity index (χ1v) is 8.55. The molecule has 0 bridgehead atoms. The third kappa shape index (κ3) is 3.40. The molecule has 3 aromatic rings. The summed E-state index contributed by atoms with van der Waals surface area (Å²) in [5.74, 6) is 0.0800. The molecular weight excluding hydrogens is 334 g/mol. The van der Waals surface area contributed by atoms with E-state index in [4.69, 9.17) is 0 Å². The lowest BCUT2D eigenvalue weighted by atomic mass is 10.1. The number of thioether (sulfide) groups is 1. The summed E-state index contributed by atoms with van der Waals surface area (Å²) >= 11 is 2.49. The molecule has 3 rings (SSSR count). The van der Waals surface area contributed by atoms with Gasteiger partial charge in [-0.15, -0.1) is 10.2 Å². The summed E-state index contributed by atoms with van der Waals surface area (Å²) in [5.41, 5.74) is 2.65. The Balaban J connectivity index is 1.67. The molecule has 1 amide bonds. The minimum atomic E-state index is -0.335. The van der Waals surface area contributed by atoms with Gasteiger partial charge in [-0.05, 0) is 31.0 Å². The van der Waals surface area contributed by atoms with Gasteiger partial charge < -0.3 is 5.32 Å². The van der Waals surface area contributed by atoms with E-state index in [0.717, 1.165) is 23.0 Å². The van der Waals surface area contributed by atoms with Crippen molar-refractivity contribution in [2.75, 3.05) is 11.1 Å². The molecule has 1 N–H and O–H groups in total. The molecule has 0 aliphatic carbocycles. The number of nitrogens with one attached hydrogen (secondary N) is 1. The number of hydrogen-bond acceptors (Lipinski definition) is 7. The number of aryl methyl sites for hydroxylation is 1. The summed E-state index contributed by atoms with van der Waals surface area (Å²) in [4.78, 5) is 24.0. The second-order valence-corrected chi connectivity index (χ2v) is 7.01. The maximum atomic E-state index is 12.1. The van der Waals surface area contributed by atoms with E-state index >= 15 is 0 Å². The van der Waals surface area contributed by atoms with Crippen LogP contribution in [0, 0.1) is 13.8 Å². The lowest BCUT2D eigenvalue weighted by Gasteiger charge is -2.09. The second kappa shape index (κ2) is 6.47. The van der Waals surface area contributed by atoms with Gasteiger partial charge in [-0.25, -0.2) is 0 Å². The normalized spacial score (nSPS) is 10.9. The van der Waals surface area contributed by atoms with Crippen molar-refractivity contribution in [1.29, 1.82) is 0 Å². The minimum absolute atomic E-state index is 0.124. The number of carbonyl (C=O) groups is 1. The van der Waals surface area contributed by atoms with E-state index in [-0.39, 0.29) is 17.2 Å². The van der Waals surface area contributed by atoms with Crippen LogP contribution in [0.1, 0.15) is 11.1 Å². The molecule has 0 spiro atoms. The van der Waals surface area contributed by atoms with Crippen LogP contribution in [0.25, 0.3) is 4.96 Å². The van der Waals surface area contributed by atoms with Crippen LogP contribution >= 0.6 is 23.1 Å². The number of amides is 1. The first-order chi connectivity index (χ1) is 11.0. The predicted octanol–water partition coefficient (Wildman–Crippen LogP) is 1.89. The highest BCUT2D eigenvalue weighted by atomic mass is 32.2. The molecule has 7 nitrogen and oxygen atoms in total. The Hall–Kier alpha value is -2.26. The zero-order valence-electron chi connectivity index (χ0n) is 12.4. The van der Waals surface area contributed by atoms with Crippen LogP contribution in [0.3, 0.4) is 0 Å². The van der Waals surface area contributed by atoms with Crippen molar-refractivity contribution >= 4 is 39.7 Å². The van der Waals surface area contributed by atoms with Crippen molar-refractivity contribution in [1.82, 2.24) is 19.8 Å². The van der Waals surface area contributed by atoms with Gasteiger partial charge in [0.1, 0.15) is 6.20 Å². The molecule has 0 radical (unpaired) electrons. The Bertz CT molecular complexity index is 934. The molecule has 23 heavy (non-hydrogen) atoms.